The number of nitrogens with one attached hydrogen (secondary N) is 2. The Morgan fingerprint density at radius 2 is 1.75 bits per heavy atom. The van der Waals surface area contributed by atoms with E-state index in [-0.39, 0.29) is 23.0 Å². The number of carbonyl (C=O) groups is 4. The zero-order valence-corrected chi connectivity index (χ0v) is 17.9. The van der Waals surface area contributed by atoms with E-state index in [0.29, 0.717) is 17.0 Å². The molecule has 7 nitrogen and oxygen atoms in total. The van der Waals surface area contributed by atoms with Gasteiger partial charge in [-0.25, -0.2) is 13.6 Å². The van der Waals surface area contributed by atoms with Crippen LogP contribution in [0.2, 0.25) is 0 Å². The Labute approximate surface area is 183 Å². The van der Waals surface area contributed by atoms with Crippen LogP contribution in [0.15, 0.2) is 42.5 Å². The first kappa shape index (κ1) is 23.1. The highest BCUT2D eigenvalue weighted by Crippen LogP contribution is 2.31. The number of benzene rings is 2. The highest BCUT2D eigenvalue weighted by molar-refractivity contribution is 6.11. The summed E-state index contributed by atoms with van der Waals surface area (Å²) in [6, 6.07) is 7.75. The van der Waals surface area contributed by atoms with Crippen molar-refractivity contribution >= 4 is 29.3 Å². The summed E-state index contributed by atoms with van der Waals surface area (Å²) in [4.78, 5) is 50.4. The SMILES string of the molecule is CC(C)CC(=O)Nc1ccc(C(=O)CN2C(=O)NC(C)(c3cc(F)ccc3F)C2=O)cc1. The zero-order valence-electron chi connectivity index (χ0n) is 17.9. The molecule has 1 aliphatic rings. The molecule has 2 aromatic rings. The normalized spacial score (nSPS) is 18.1. The minimum Gasteiger partial charge on any atom is -0.326 e. The van der Waals surface area contributed by atoms with E-state index in [1.807, 2.05) is 13.8 Å². The second kappa shape index (κ2) is 8.86. The fourth-order valence-corrected chi connectivity index (χ4v) is 3.46. The molecular formula is C23H23F2N3O4. The lowest BCUT2D eigenvalue weighted by molar-refractivity contribution is -0.130. The zero-order chi connectivity index (χ0) is 23.6. The van der Waals surface area contributed by atoms with E-state index in [1.165, 1.54) is 19.1 Å². The molecular weight excluding hydrogens is 420 g/mol. The van der Waals surface area contributed by atoms with E-state index >= 15 is 0 Å². The molecule has 2 aromatic carbocycles. The predicted octanol–water partition coefficient (Wildman–Crippen LogP) is 3.60. The van der Waals surface area contributed by atoms with Gasteiger partial charge >= 0.3 is 6.03 Å². The van der Waals surface area contributed by atoms with Crippen LogP contribution in [-0.4, -0.2) is 35.1 Å². The molecule has 1 fully saturated rings. The molecule has 0 saturated carbocycles. The maximum atomic E-state index is 14.2. The van der Waals surface area contributed by atoms with Crippen molar-refractivity contribution in [3.8, 4) is 0 Å². The van der Waals surface area contributed by atoms with Gasteiger partial charge in [-0.2, -0.15) is 0 Å². The van der Waals surface area contributed by atoms with Crippen LogP contribution < -0.4 is 10.6 Å². The molecule has 1 unspecified atom stereocenters. The van der Waals surface area contributed by atoms with Gasteiger partial charge in [0.2, 0.25) is 5.91 Å². The molecule has 0 radical (unpaired) electrons. The highest BCUT2D eigenvalue weighted by Gasteiger charge is 2.50. The molecule has 3 rings (SSSR count). The highest BCUT2D eigenvalue weighted by atomic mass is 19.1. The average Bonchev–Trinajstić information content (AvgIpc) is 2.93. The Balaban J connectivity index is 1.72. The summed E-state index contributed by atoms with van der Waals surface area (Å²) < 4.78 is 27.8. The Hall–Kier alpha value is -3.62. The Kier molecular flexibility index (Phi) is 6.38. The summed E-state index contributed by atoms with van der Waals surface area (Å²) >= 11 is 0. The Morgan fingerprint density at radius 1 is 1.09 bits per heavy atom. The molecule has 1 atom stereocenters. The van der Waals surface area contributed by atoms with Crippen molar-refractivity contribution in [1.29, 1.82) is 0 Å². The van der Waals surface area contributed by atoms with E-state index in [9.17, 15) is 28.0 Å². The van der Waals surface area contributed by atoms with Gasteiger partial charge in [-0.05, 0) is 55.3 Å². The van der Waals surface area contributed by atoms with E-state index in [1.54, 1.807) is 12.1 Å². The van der Waals surface area contributed by atoms with Crippen LogP contribution in [-0.2, 0) is 15.1 Å². The number of rotatable bonds is 7. The average molecular weight is 443 g/mol. The van der Waals surface area contributed by atoms with Crippen LogP contribution in [0, 0.1) is 17.6 Å². The number of imide groups is 1. The molecule has 1 heterocycles. The molecule has 2 N–H and O–H groups in total. The van der Waals surface area contributed by atoms with Crippen LogP contribution in [0.3, 0.4) is 0 Å². The third-order valence-corrected chi connectivity index (χ3v) is 5.13. The van der Waals surface area contributed by atoms with Gasteiger partial charge < -0.3 is 10.6 Å². The molecule has 0 bridgehead atoms. The van der Waals surface area contributed by atoms with Gasteiger partial charge in [0.05, 0.1) is 6.54 Å². The fraction of sp³-hybridized carbons (Fsp3) is 0.304. The number of hydrogen-bond donors (Lipinski definition) is 2. The second-order valence-corrected chi connectivity index (χ2v) is 8.22. The molecule has 168 valence electrons. The first-order chi connectivity index (χ1) is 15.0. The molecule has 0 aromatic heterocycles. The summed E-state index contributed by atoms with van der Waals surface area (Å²) in [6.07, 6.45) is 0.359. The number of carbonyl (C=O) groups excluding carboxylic acids is 4. The fourth-order valence-electron chi connectivity index (χ4n) is 3.46. The van der Waals surface area contributed by atoms with Gasteiger partial charge in [-0.3, -0.25) is 19.3 Å². The number of ketones is 1. The number of anilines is 1. The third-order valence-electron chi connectivity index (χ3n) is 5.13. The summed E-state index contributed by atoms with van der Waals surface area (Å²) in [5.74, 6) is -2.96. The van der Waals surface area contributed by atoms with Crippen molar-refractivity contribution in [2.75, 3.05) is 11.9 Å². The maximum Gasteiger partial charge on any atom is 0.325 e. The lowest BCUT2D eigenvalue weighted by Crippen LogP contribution is -2.42. The van der Waals surface area contributed by atoms with Crippen molar-refractivity contribution in [3.05, 3.63) is 65.2 Å². The molecule has 1 saturated heterocycles. The Bertz CT molecular complexity index is 1090. The lowest BCUT2D eigenvalue weighted by atomic mass is 9.91. The van der Waals surface area contributed by atoms with Crippen molar-refractivity contribution in [2.24, 2.45) is 5.92 Å². The van der Waals surface area contributed by atoms with Crippen molar-refractivity contribution in [1.82, 2.24) is 10.2 Å². The molecule has 4 amide bonds. The van der Waals surface area contributed by atoms with E-state index in [4.69, 9.17) is 0 Å². The maximum absolute atomic E-state index is 14.2. The molecule has 32 heavy (non-hydrogen) atoms. The van der Waals surface area contributed by atoms with E-state index < -0.39 is 41.4 Å². The minimum atomic E-state index is -1.84. The third kappa shape index (κ3) is 4.66. The van der Waals surface area contributed by atoms with Crippen molar-refractivity contribution in [3.63, 3.8) is 0 Å². The van der Waals surface area contributed by atoms with Gasteiger partial charge in [-0.1, -0.05) is 13.8 Å². The summed E-state index contributed by atoms with van der Waals surface area (Å²) in [5.41, 5.74) is -1.43. The van der Waals surface area contributed by atoms with Gasteiger partial charge in [-0.15, -0.1) is 0 Å². The van der Waals surface area contributed by atoms with Gasteiger partial charge in [0.1, 0.15) is 17.2 Å². The van der Waals surface area contributed by atoms with Crippen LogP contribution in [0.25, 0.3) is 0 Å². The van der Waals surface area contributed by atoms with Gasteiger partial charge in [0.15, 0.2) is 5.78 Å². The smallest absolute Gasteiger partial charge is 0.325 e. The molecule has 1 aliphatic heterocycles. The van der Waals surface area contributed by atoms with Crippen LogP contribution >= 0.6 is 0 Å². The largest absolute Gasteiger partial charge is 0.326 e. The van der Waals surface area contributed by atoms with Crippen LogP contribution in [0.4, 0.5) is 19.3 Å². The second-order valence-electron chi connectivity index (χ2n) is 8.22. The predicted molar refractivity (Wildman–Crippen MR) is 113 cm³/mol. The number of amides is 4. The molecule has 0 aliphatic carbocycles. The number of hydrogen-bond acceptors (Lipinski definition) is 4. The Morgan fingerprint density at radius 3 is 2.38 bits per heavy atom. The topological polar surface area (TPSA) is 95.6 Å². The number of Topliss-reactive ketones (excluding diaryl/α,β-unsaturated/α-hetero) is 1. The quantitative estimate of drug-likeness (QED) is 0.505. The first-order valence-electron chi connectivity index (χ1n) is 10.0. The van der Waals surface area contributed by atoms with Gasteiger partial charge in [0.25, 0.3) is 5.91 Å². The summed E-state index contributed by atoms with van der Waals surface area (Å²) in [7, 11) is 0. The number of nitrogens with zero attached hydrogens (tertiary/aromatic N) is 1. The van der Waals surface area contributed by atoms with E-state index in [2.05, 4.69) is 10.6 Å². The van der Waals surface area contributed by atoms with Gasteiger partial charge in [0, 0.05) is 23.2 Å². The summed E-state index contributed by atoms with van der Waals surface area (Å²) in [6.45, 7) is 4.52. The summed E-state index contributed by atoms with van der Waals surface area (Å²) in [5, 5.41) is 5.07. The molecule has 9 heteroatoms. The van der Waals surface area contributed by atoms with Crippen molar-refractivity contribution in [2.45, 2.75) is 32.7 Å². The number of halogens is 2. The minimum absolute atomic E-state index is 0.151. The van der Waals surface area contributed by atoms with Crippen LogP contribution in [0.1, 0.15) is 43.1 Å². The number of urea groups is 1. The van der Waals surface area contributed by atoms with E-state index in [0.717, 1.165) is 18.2 Å². The first-order valence-corrected chi connectivity index (χ1v) is 10.0. The van der Waals surface area contributed by atoms with Crippen molar-refractivity contribution < 1.29 is 28.0 Å². The standard InChI is InChI=1S/C23H23F2N3O4/c1-13(2)10-20(30)26-16-7-4-14(5-8-16)19(29)12-28-21(31)23(3,27-22(28)32)17-11-15(24)6-9-18(17)25/h4-9,11,13H,10,12H2,1-3H3,(H,26,30)(H,27,32). The lowest BCUT2D eigenvalue weighted by Gasteiger charge is -2.22. The molecule has 0 spiro atoms. The monoisotopic (exact) mass is 443 g/mol. The van der Waals surface area contributed by atoms with Crippen LogP contribution in [0.5, 0.6) is 0 Å².